The van der Waals surface area contributed by atoms with Gasteiger partial charge in [0, 0.05) is 17.1 Å². The number of hydrogen-bond acceptors (Lipinski definition) is 5. The van der Waals surface area contributed by atoms with Gasteiger partial charge in [0.2, 0.25) is 5.95 Å². The molecule has 1 aliphatic rings. The molecule has 1 aromatic heterocycles. The first kappa shape index (κ1) is 18.3. The summed E-state index contributed by atoms with van der Waals surface area (Å²) in [5.41, 5.74) is 3.48. The molecule has 0 bridgehead atoms. The maximum atomic E-state index is 13.1. The van der Waals surface area contributed by atoms with Crippen LogP contribution in [0.15, 0.2) is 77.1 Å². The molecule has 3 aromatic rings. The molecule has 1 aliphatic heterocycles. The lowest BCUT2D eigenvalue weighted by molar-refractivity contribution is -0.118. The van der Waals surface area contributed by atoms with E-state index >= 15 is 0 Å². The van der Waals surface area contributed by atoms with Crippen LogP contribution in [0.25, 0.3) is 0 Å². The van der Waals surface area contributed by atoms with Gasteiger partial charge in [-0.05, 0) is 36.4 Å². The molecule has 0 spiro atoms. The molecule has 142 valence electrons. The van der Waals surface area contributed by atoms with E-state index in [2.05, 4.69) is 32.8 Å². The number of anilines is 1. The van der Waals surface area contributed by atoms with Crippen molar-refractivity contribution in [2.45, 2.75) is 24.4 Å². The van der Waals surface area contributed by atoms with Gasteiger partial charge in [-0.3, -0.25) is 4.79 Å². The molecule has 0 saturated heterocycles. The molecular formula is C21H21N5OS. The van der Waals surface area contributed by atoms with Crippen LogP contribution >= 0.6 is 11.8 Å². The van der Waals surface area contributed by atoms with Crippen molar-refractivity contribution < 1.29 is 4.79 Å². The van der Waals surface area contributed by atoms with E-state index in [0.717, 1.165) is 16.8 Å². The van der Waals surface area contributed by atoms with Gasteiger partial charge in [0.05, 0.1) is 5.57 Å². The van der Waals surface area contributed by atoms with Crippen LogP contribution in [-0.4, -0.2) is 26.9 Å². The standard InChI is InChI=1S/C21H21N5OS/c1-14-18(20(27)22-12-15-6-4-3-5-7-15)19(26-21(25-14)23-13-24-26)16-8-10-17(28-2)11-9-16/h3-11,13,19H,12H2,1-2H3,(H,22,27)(H,23,24,25). The van der Waals surface area contributed by atoms with Gasteiger partial charge in [0.1, 0.15) is 12.4 Å². The fraction of sp³-hybridized carbons (Fsp3) is 0.190. The summed E-state index contributed by atoms with van der Waals surface area (Å²) in [6, 6.07) is 17.8. The number of thioether (sulfide) groups is 1. The van der Waals surface area contributed by atoms with E-state index in [9.17, 15) is 4.79 Å². The first-order chi connectivity index (χ1) is 13.7. The molecule has 2 N–H and O–H groups in total. The number of carbonyl (C=O) groups is 1. The van der Waals surface area contributed by atoms with Crippen molar-refractivity contribution in [2.24, 2.45) is 0 Å². The summed E-state index contributed by atoms with van der Waals surface area (Å²) in [6.45, 7) is 2.37. The van der Waals surface area contributed by atoms with Crippen LogP contribution in [0, 0.1) is 0 Å². The molecule has 6 nitrogen and oxygen atoms in total. The fourth-order valence-corrected chi connectivity index (χ4v) is 3.76. The molecule has 4 rings (SSSR count). The molecule has 1 atom stereocenters. The van der Waals surface area contributed by atoms with Gasteiger partial charge in [0.15, 0.2) is 0 Å². The summed E-state index contributed by atoms with van der Waals surface area (Å²) in [4.78, 5) is 18.6. The second-order valence-electron chi connectivity index (χ2n) is 6.54. The zero-order valence-electron chi connectivity index (χ0n) is 15.7. The maximum absolute atomic E-state index is 13.1. The number of hydrogen-bond donors (Lipinski definition) is 2. The average Bonchev–Trinajstić information content (AvgIpc) is 3.20. The molecular weight excluding hydrogens is 370 g/mol. The zero-order chi connectivity index (χ0) is 19.5. The SMILES string of the molecule is CSc1ccc(C2C(C(=O)NCc3ccccc3)=C(C)Nc3ncnn32)cc1. The van der Waals surface area contributed by atoms with E-state index in [-0.39, 0.29) is 11.9 Å². The maximum Gasteiger partial charge on any atom is 0.251 e. The van der Waals surface area contributed by atoms with Crippen molar-refractivity contribution in [3.8, 4) is 0 Å². The van der Waals surface area contributed by atoms with Gasteiger partial charge in [-0.2, -0.15) is 10.1 Å². The van der Waals surface area contributed by atoms with Gasteiger partial charge in [0.25, 0.3) is 5.91 Å². The first-order valence-corrected chi connectivity index (χ1v) is 10.2. The normalized spacial score (nSPS) is 15.7. The Morgan fingerprint density at radius 2 is 1.93 bits per heavy atom. The van der Waals surface area contributed by atoms with Crippen LogP contribution in [0.4, 0.5) is 5.95 Å². The minimum absolute atomic E-state index is 0.117. The number of benzene rings is 2. The average molecular weight is 392 g/mol. The van der Waals surface area contributed by atoms with Crippen LogP contribution in [-0.2, 0) is 11.3 Å². The van der Waals surface area contributed by atoms with Crippen LogP contribution < -0.4 is 10.6 Å². The largest absolute Gasteiger partial charge is 0.348 e. The quantitative estimate of drug-likeness (QED) is 0.650. The van der Waals surface area contributed by atoms with Gasteiger partial charge >= 0.3 is 0 Å². The summed E-state index contributed by atoms with van der Waals surface area (Å²) in [7, 11) is 0. The third-order valence-electron chi connectivity index (χ3n) is 4.77. The van der Waals surface area contributed by atoms with Crippen LogP contribution in [0.1, 0.15) is 24.1 Å². The Kier molecular flexibility index (Phi) is 5.16. The smallest absolute Gasteiger partial charge is 0.251 e. The van der Waals surface area contributed by atoms with E-state index in [0.29, 0.717) is 18.1 Å². The topological polar surface area (TPSA) is 71.8 Å². The first-order valence-electron chi connectivity index (χ1n) is 9.00. The number of aromatic nitrogens is 3. The second kappa shape index (κ2) is 7.90. The second-order valence-corrected chi connectivity index (χ2v) is 7.42. The molecule has 0 aliphatic carbocycles. The van der Waals surface area contributed by atoms with Crippen molar-refractivity contribution in [1.29, 1.82) is 0 Å². The molecule has 7 heteroatoms. The minimum Gasteiger partial charge on any atom is -0.348 e. The van der Waals surface area contributed by atoms with Crippen LogP contribution in [0.2, 0.25) is 0 Å². The molecule has 0 fully saturated rings. The Morgan fingerprint density at radius 1 is 1.18 bits per heavy atom. The molecule has 1 amide bonds. The van der Waals surface area contributed by atoms with Crippen LogP contribution in [0.3, 0.4) is 0 Å². The third-order valence-corrected chi connectivity index (χ3v) is 5.51. The lowest BCUT2D eigenvalue weighted by Gasteiger charge is -2.28. The number of nitrogens with one attached hydrogen (secondary N) is 2. The molecule has 2 heterocycles. The predicted octanol–water partition coefficient (Wildman–Crippen LogP) is 3.61. The lowest BCUT2D eigenvalue weighted by atomic mass is 9.95. The van der Waals surface area contributed by atoms with Crippen molar-refractivity contribution in [1.82, 2.24) is 20.1 Å². The molecule has 2 aromatic carbocycles. The summed E-state index contributed by atoms with van der Waals surface area (Å²) in [5, 5.41) is 10.6. The van der Waals surface area contributed by atoms with Gasteiger partial charge in [-0.25, -0.2) is 4.68 Å². The summed E-state index contributed by atoms with van der Waals surface area (Å²) in [6.07, 6.45) is 3.55. The van der Waals surface area contributed by atoms with Crippen molar-refractivity contribution in [3.05, 3.63) is 83.3 Å². The molecule has 28 heavy (non-hydrogen) atoms. The van der Waals surface area contributed by atoms with Crippen molar-refractivity contribution in [3.63, 3.8) is 0 Å². The number of amides is 1. The molecule has 1 unspecified atom stereocenters. The van der Waals surface area contributed by atoms with Gasteiger partial charge < -0.3 is 10.6 Å². The Morgan fingerprint density at radius 3 is 2.64 bits per heavy atom. The highest BCUT2D eigenvalue weighted by molar-refractivity contribution is 7.98. The van der Waals surface area contributed by atoms with E-state index < -0.39 is 0 Å². The predicted molar refractivity (Wildman–Crippen MR) is 111 cm³/mol. The summed E-state index contributed by atoms with van der Waals surface area (Å²) < 4.78 is 1.76. The van der Waals surface area contributed by atoms with E-state index in [4.69, 9.17) is 0 Å². The van der Waals surface area contributed by atoms with Crippen molar-refractivity contribution >= 4 is 23.6 Å². The van der Waals surface area contributed by atoms with Crippen molar-refractivity contribution in [2.75, 3.05) is 11.6 Å². The number of carbonyl (C=O) groups excluding carboxylic acids is 1. The lowest BCUT2D eigenvalue weighted by Crippen LogP contribution is -2.34. The number of nitrogens with zero attached hydrogens (tertiary/aromatic N) is 3. The number of rotatable bonds is 5. The minimum atomic E-state index is -0.328. The summed E-state index contributed by atoms with van der Waals surface area (Å²) in [5.74, 6) is 0.519. The summed E-state index contributed by atoms with van der Waals surface area (Å²) >= 11 is 1.69. The Balaban J connectivity index is 1.67. The fourth-order valence-electron chi connectivity index (χ4n) is 3.35. The molecule has 0 saturated carbocycles. The Bertz CT molecular complexity index is 1010. The Labute approximate surface area is 168 Å². The monoisotopic (exact) mass is 391 g/mol. The van der Waals surface area contributed by atoms with E-state index in [1.165, 1.54) is 11.2 Å². The van der Waals surface area contributed by atoms with E-state index in [1.807, 2.05) is 55.6 Å². The van der Waals surface area contributed by atoms with Gasteiger partial charge in [-0.1, -0.05) is 42.5 Å². The number of allylic oxidation sites excluding steroid dienone is 1. The van der Waals surface area contributed by atoms with E-state index in [1.54, 1.807) is 16.4 Å². The number of fused-ring (bicyclic) bond motifs is 1. The molecule has 0 radical (unpaired) electrons. The third kappa shape index (κ3) is 3.53. The highest BCUT2D eigenvalue weighted by Crippen LogP contribution is 2.35. The van der Waals surface area contributed by atoms with Crippen LogP contribution in [0.5, 0.6) is 0 Å². The van der Waals surface area contributed by atoms with Gasteiger partial charge in [-0.15, -0.1) is 11.8 Å². The Hall–Kier alpha value is -3.06. The highest BCUT2D eigenvalue weighted by atomic mass is 32.2. The highest BCUT2D eigenvalue weighted by Gasteiger charge is 2.33. The zero-order valence-corrected chi connectivity index (χ0v) is 16.5.